The van der Waals surface area contributed by atoms with E-state index in [1.165, 1.54) is 4.90 Å². The highest BCUT2D eigenvalue weighted by Crippen LogP contribution is 2.15. The van der Waals surface area contributed by atoms with Crippen molar-refractivity contribution in [2.45, 2.75) is 19.9 Å². The molecule has 1 aromatic rings. The van der Waals surface area contributed by atoms with Gasteiger partial charge in [0.05, 0.1) is 26.2 Å². The molecule has 1 aliphatic rings. The fourth-order valence-electron chi connectivity index (χ4n) is 2.95. The molecule has 0 radical (unpaired) electrons. The summed E-state index contributed by atoms with van der Waals surface area (Å²) < 4.78 is 0. The number of anilines is 1. The maximum atomic E-state index is 12.1. The first-order valence-electron chi connectivity index (χ1n) is 7.82. The third-order valence-electron chi connectivity index (χ3n) is 4.47. The molecule has 5 nitrogen and oxygen atoms in total. The highest BCUT2D eigenvalue weighted by Gasteiger charge is 2.30. The molecule has 1 atom stereocenters. The van der Waals surface area contributed by atoms with Crippen LogP contribution in [-0.4, -0.2) is 62.9 Å². The molecule has 1 heterocycles. The maximum absolute atomic E-state index is 12.1. The van der Waals surface area contributed by atoms with Crippen molar-refractivity contribution < 1.29 is 14.5 Å². The highest BCUT2D eigenvalue weighted by atomic mass is 16.2. The Bertz CT molecular complexity index is 531. The van der Waals surface area contributed by atoms with E-state index in [0.29, 0.717) is 0 Å². The Hall–Kier alpha value is -1.88. The minimum atomic E-state index is 0.0113. The first kappa shape index (κ1) is 16.5. The third-order valence-corrected chi connectivity index (χ3v) is 4.47. The molecule has 0 bridgehead atoms. The van der Waals surface area contributed by atoms with Gasteiger partial charge in [0.1, 0.15) is 0 Å². The lowest BCUT2D eigenvalue weighted by atomic mass is 10.1. The van der Waals surface area contributed by atoms with Crippen molar-refractivity contribution in [3.05, 3.63) is 29.8 Å². The van der Waals surface area contributed by atoms with E-state index in [9.17, 15) is 9.59 Å². The van der Waals surface area contributed by atoms with E-state index in [1.54, 1.807) is 11.8 Å². The van der Waals surface area contributed by atoms with Gasteiger partial charge in [-0.3, -0.25) is 9.59 Å². The minimum absolute atomic E-state index is 0.0113. The average molecular weight is 304 g/mol. The summed E-state index contributed by atoms with van der Waals surface area (Å²) >= 11 is 0. The number of hydrogen-bond acceptors (Lipinski definition) is 3. The predicted octanol–water partition coefficient (Wildman–Crippen LogP) is 0.0708. The maximum Gasteiger partial charge on any atom is 0.280 e. The predicted molar refractivity (Wildman–Crippen MR) is 87.5 cm³/mol. The summed E-state index contributed by atoms with van der Waals surface area (Å²) in [7, 11) is 3.62. The second-order valence-electron chi connectivity index (χ2n) is 6.20. The summed E-state index contributed by atoms with van der Waals surface area (Å²) in [5.41, 5.74) is 1.90. The van der Waals surface area contributed by atoms with Gasteiger partial charge in [-0.1, -0.05) is 0 Å². The van der Waals surface area contributed by atoms with Crippen LogP contribution in [0.1, 0.15) is 24.2 Å². The molecule has 1 aliphatic heterocycles. The molecule has 0 spiro atoms. The van der Waals surface area contributed by atoms with Crippen LogP contribution in [0.15, 0.2) is 24.3 Å². The Kier molecular flexibility index (Phi) is 5.19. The first-order chi connectivity index (χ1) is 10.4. The quantitative estimate of drug-likeness (QED) is 0.801. The van der Waals surface area contributed by atoms with E-state index in [0.717, 1.165) is 37.4 Å². The summed E-state index contributed by atoms with van der Waals surface area (Å²) in [4.78, 5) is 28.7. The van der Waals surface area contributed by atoms with Crippen LogP contribution in [0.25, 0.3) is 0 Å². The Labute approximate surface area is 132 Å². The lowest BCUT2D eigenvalue weighted by molar-refractivity contribution is -0.915. The molecule has 1 amide bonds. The lowest BCUT2D eigenvalue weighted by Crippen LogP contribution is -3.19. The van der Waals surface area contributed by atoms with E-state index < -0.39 is 0 Å². The van der Waals surface area contributed by atoms with Gasteiger partial charge in [0.2, 0.25) is 0 Å². The molecule has 1 saturated heterocycles. The molecule has 5 heteroatoms. The van der Waals surface area contributed by atoms with Crippen LogP contribution in [0.3, 0.4) is 0 Å². The summed E-state index contributed by atoms with van der Waals surface area (Å²) in [6, 6.07) is 7.80. The monoisotopic (exact) mass is 304 g/mol. The molecular weight excluding hydrogens is 278 g/mol. The Morgan fingerprint density at radius 3 is 2.14 bits per heavy atom. The molecule has 22 heavy (non-hydrogen) atoms. The standard InChI is InChI=1S/C17H25N3O2/c1-13(17(22)18(3)4)19-9-11-20(12-10-19)16-7-5-15(6-8-16)14(2)21/h5-8,13H,9-12H2,1-4H3/p+1/t13-/m1/s1. The molecule has 0 aromatic heterocycles. The van der Waals surface area contributed by atoms with Gasteiger partial charge in [-0.25, -0.2) is 0 Å². The zero-order valence-corrected chi connectivity index (χ0v) is 13.9. The normalized spacial score (nSPS) is 17.2. The third kappa shape index (κ3) is 3.65. The van der Waals surface area contributed by atoms with E-state index >= 15 is 0 Å². The Balaban J connectivity index is 1.94. The molecule has 0 aliphatic carbocycles. The van der Waals surface area contributed by atoms with Crippen LogP contribution in [0, 0.1) is 0 Å². The van der Waals surface area contributed by atoms with Crippen molar-refractivity contribution in [1.29, 1.82) is 0 Å². The van der Waals surface area contributed by atoms with Crippen molar-refractivity contribution in [2.75, 3.05) is 45.2 Å². The van der Waals surface area contributed by atoms with Gasteiger partial charge in [-0.2, -0.15) is 0 Å². The van der Waals surface area contributed by atoms with E-state index in [2.05, 4.69) is 4.90 Å². The van der Waals surface area contributed by atoms with Crippen LogP contribution >= 0.6 is 0 Å². The summed E-state index contributed by atoms with van der Waals surface area (Å²) in [6.07, 6.45) is 0. The number of benzene rings is 1. The van der Waals surface area contributed by atoms with Gasteiger partial charge in [-0.05, 0) is 38.1 Å². The van der Waals surface area contributed by atoms with Crippen LogP contribution in [0.4, 0.5) is 5.69 Å². The van der Waals surface area contributed by atoms with Crippen LogP contribution in [0.5, 0.6) is 0 Å². The van der Waals surface area contributed by atoms with Gasteiger partial charge in [-0.15, -0.1) is 0 Å². The minimum Gasteiger partial charge on any atom is -0.360 e. The number of piperazine rings is 1. The van der Waals surface area contributed by atoms with Crippen molar-refractivity contribution in [3.8, 4) is 0 Å². The Morgan fingerprint density at radius 2 is 1.68 bits per heavy atom. The fraction of sp³-hybridized carbons (Fsp3) is 0.529. The van der Waals surface area contributed by atoms with Gasteiger partial charge < -0.3 is 14.7 Å². The number of likely N-dealkylation sites (N-methyl/N-ethyl adjacent to an activating group) is 1. The summed E-state index contributed by atoms with van der Waals surface area (Å²) in [5, 5.41) is 0. The smallest absolute Gasteiger partial charge is 0.280 e. The van der Waals surface area contributed by atoms with Crippen LogP contribution in [-0.2, 0) is 4.79 Å². The molecule has 1 aromatic carbocycles. The zero-order valence-electron chi connectivity index (χ0n) is 13.9. The number of ketones is 1. The SMILES string of the molecule is CC(=O)c1ccc(N2CC[NH+]([C@H](C)C(=O)N(C)C)CC2)cc1. The van der Waals surface area contributed by atoms with Gasteiger partial charge >= 0.3 is 0 Å². The molecule has 1 N–H and O–H groups in total. The highest BCUT2D eigenvalue weighted by molar-refractivity contribution is 5.94. The molecule has 120 valence electrons. The van der Waals surface area contributed by atoms with Crippen molar-refractivity contribution in [2.24, 2.45) is 0 Å². The van der Waals surface area contributed by atoms with Crippen molar-refractivity contribution in [1.82, 2.24) is 4.90 Å². The number of Topliss-reactive ketones (excluding diaryl/α,β-unsaturated/α-hetero) is 1. The fourth-order valence-corrected chi connectivity index (χ4v) is 2.95. The lowest BCUT2D eigenvalue weighted by Gasteiger charge is -2.36. The van der Waals surface area contributed by atoms with Gasteiger partial charge in [0.25, 0.3) is 5.91 Å². The molecule has 2 rings (SSSR count). The van der Waals surface area contributed by atoms with Gasteiger partial charge in [0, 0.05) is 25.3 Å². The number of nitrogens with one attached hydrogen (secondary N) is 1. The molecule has 0 unspecified atom stereocenters. The number of carbonyl (C=O) groups is 2. The molecular formula is C17H26N3O2+. The second-order valence-corrected chi connectivity index (χ2v) is 6.20. The largest absolute Gasteiger partial charge is 0.360 e. The van der Waals surface area contributed by atoms with Crippen molar-refractivity contribution >= 4 is 17.4 Å². The molecule has 0 saturated carbocycles. The number of amides is 1. The van der Waals surface area contributed by atoms with E-state index in [4.69, 9.17) is 0 Å². The zero-order chi connectivity index (χ0) is 16.3. The van der Waals surface area contributed by atoms with E-state index in [1.807, 2.05) is 45.3 Å². The van der Waals surface area contributed by atoms with Crippen LogP contribution in [0.2, 0.25) is 0 Å². The van der Waals surface area contributed by atoms with E-state index in [-0.39, 0.29) is 17.7 Å². The number of rotatable bonds is 4. The summed E-state index contributed by atoms with van der Waals surface area (Å²) in [5.74, 6) is 0.283. The molecule has 1 fully saturated rings. The topological polar surface area (TPSA) is 45.1 Å². The number of carbonyl (C=O) groups excluding carboxylic acids is 2. The van der Waals surface area contributed by atoms with Crippen LogP contribution < -0.4 is 9.80 Å². The Morgan fingerprint density at radius 1 is 1.14 bits per heavy atom. The number of quaternary nitrogens is 1. The van der Waals surface area contributed by atoms with Crippen molar-refractivity contribution in [3.63, 3.8) is 0 Å². The number of hydrogen-bond donors (Lipinski definition) is 1. The first-order valence-corrected chi connectivity index (χ1v) is 7.82. The number of nitrogens with zero attached hydrogens (tertiary/aromatic N) is 2. The summed E-state index contributed by atoms with van der Waals surface area (Å²) in [6.45, 7) is 7.36. The van der Waals surface area contributed by atoms with Gasteiger partial charge in [0.15, 0.2) is 11.8 Å². The average Bonchev–Trinajstić information content (AvgIpc) is 2.53. The second kappa shape index (κ2) is 6.92.